The Bertz CT molecular complexity index is 626. The van der Waals surface area contributed by atoms with E-state index in [-0.39, 0.29) is 18.2 Å². The van der Waals surface area contributed by atoms with E-state index in [1.807, 2.05) is 0 Å². The fourth-order valence-electron chi connectivity index (χ4n) is 1.91. The summed E-state index contributed by atoms with van der Waals surface area (Å²) in [5.74, 6) is -3.19. The van der Waals surface area contributed by atoms with Crippen molar-refractivity contribution in [3.63, 3.8) is 0 Å². The summed E-state index contributed by atoms with van der Waals surface area (Å²) in [6.45, 7) is 3.56. The normalized spacial score (nSPS) is 15.8. The zero-order valence-electron chi connectivity index (χ0n) is 12.4. The lowest BCUT2D eigenvalue weighted by Crippen LogP contribution is -2.28. The molecule has 1 aromatic carbocycles. The van der Waals surface area contributed by atoms with Gasteiger partial charge in [0.2, 0.25) is 0 Å². The average molecular weight is 370 g/mol. The van der Waals surface area contributed by atoms with Gasteiger partial charge in [0.1, 0.15) is 5.82 Å². The number of esters is 1. The fraction of sp³-hybridized carbons (Fsp3) is 0.438. The smallest absolute Gasteiger partial charge is 0.322 e. The minimum atomic E-state index is -1.20. The molecule has 0 heterocycles. The Balaban J connectivity index is 2.31. The van der Waals surface area contributed by atoms with Crippen molar-refractivity contribution in [3.8, 4) is 0 Å². The zero-order chi connectivity index (χ0) is 16.3. The summed E-state index contributed by atoms with van der Waals surface area (Å²) < 4.78 is 19.5. The predicted molar refractivity (Wildman–Crippen MR) is 84.8 cm³/mol. The Kier molecular flexibility index (Phi) is 5.45. The number of carbonyl (C=O) groups is 2. The first-order valence-electron chi connectivity index (χ1n) is 7.13. The molecule has 0 bridgehead atoms. The number of nitrogens with zero attached hydrogens (tertiary/aromatic N) is 1. The summed E-state index contributed by atoms with van der Waals surface area (Å²) in [4.78, 5) is 28.7. The number of hydrogen-bond donors (Lipinski definition) is 0. The zero-order valence-corrected chi connectivity index (χ0v) is 14.0. The number of hydrogen-bond acceptors (Lipinski definition) is 4. The van der Waals surface area contributed by atoms with Crippen LogP contribution in [0.25, 0.3) is 0 Å². The first-order chi connectivity index (χ1) is 10.4. The lowest BCUT2D eigenvalue weighted by Gasteiger charge is -2.12. The molecule has 1 atom stereocenters. The monoisotopic (exact) mass is 369 g/mol. The molecule has 0 amide bonds. The molecule has 0 spiro atoms. The van der Waals surface area contributed by atoms with Gasteiger partial charge in [0.25, 0.3) is 0 Å². The van der Waals surface area contributed by atoms with E-state index in [4.69, 9.17) is 4.74 Å². The number of ketones is 1. The molecule has 0 N–H and O–H groups in total. The van der Waals surface area contributed by atoms with Crippen LogP contribution in [-0.2, 0) is 9.53 Å². The summed E-state index contributed by atoms with van der Waals surface area (Å²) in [5.41, 5.74) is 0.590. The van der Waals surface area contributed by atoms with Gasteiger partial charge in [-0.1, -0.05) is 15.9 Å². The Labute approximate surface area is 136 Å². The maximum Gasteiger partial charge on any atom is 0.322 e. The van der Waals surface area contributed by atoms with Crippen LogP contribution in [0, 0.1) is 18.7 Å². The summed E-state index contributed by atoms with van der Waals surface area (Å²) in [7, 11) is 0. The van der Waals surface area contributed by atoms with Crippen molar-refractivity contribution in [1.82, 2.24) is 0 Å². The molecular formula is C16H17BrFNO3. The summed E-state index contributed by atoms with van der Waals surface area (Å²) >= 11 is 3.21. The Morgan fingerprint density at radius 1 is 1.50 bits per heavy atom. The molecule has 1 aliphatic rings. The second kappa shape index (κ2) is 7.13. The minimum absolute atomic E-state index is 0.124. The van der Waals surface area contributed by atoms with Gasteiger partial charge < -0.3 is 4.74 Å². The van der Waals surface area contributed by atoms with Crippen LogP contribution in [0.5, 0.6) is 0 Å². The first kappa shape index (κ1) is 16.8. The Morgan fingerprint density at radius 3 is 2.77 bits per heavy atom. The maximum absolute atomic E-state index is 14.1. The third-order valence-corrected chi connectivity index (χ3v) is 4.18. The average Bonchev–Trinajstić information content (AvgIpc) is 3.27. The first-order valence-corrected chi connectivity index (χ1v) is 7.93. The Morgan fingerprint density at radius 2 is 2.18 bits per heavy atom. The molecule has 1 unspecified atom stereocenters. The topological polar surface area (TPSA) is 55.7 Å². The van der Waals surface area contributed by atoms with E-state index in [1.54, 1.807) is 13.8 Å². The molecule has 1 fully saturated rings. The van der Waals surface area contributed by atoms with Crippen LogP contribution in [-0.4, -0.2) is 30.6 Å². The van der Waals surface area contributed by atoms with Gasteiger partial charge in [-0.25, -0.2) is 4.39 Å². The maximum atomic E-state index is 14.1. The van der Waals surface area contributed by atoms with Crippen LogP contribution < -0.4 is 0 Å². The third kappa shape index (κ3) is 4.00. The molecule has 22 heavy (non-hydrogen) atoms. The van der Waals surface area contributed by atoms with Crippen LogP contribution in [0.2, 0.25) is 0 Å². The van der Waals surface area contributed by atoms with Gasteiger partial charge >= 0.3 is 5.97 Å². The van der Waals surface area contributed by atoms with Gasteiger partial charge in [0.15, 0.2) is 11.7 Å². The van der Waals surface area contributed by atoms with Crippen molar-refractivity contribution < 1.29 is 18.7 Å². The van der Waals surface area contributed by atoms with E-state index in [1.165, 1.54) is 18.3 Å². The van der Waals surface area contributed by atoms with Gasteiger partial charge in [-0.05, 0) is 44.4 Å². The summed E-state index contributed by atoms with van der Waals surface area (Å²) in [5, 5.41) is 0. The van der Waals surface area contributed by atoms with Crippen LogP contribution in [0.4, 0.5) is 4.39 Å². The fourth-order valence-corrected chi connectivity index (χ4v) is 2.23. The van der Waals surface area contributed by atoms with Crippen LogP contribution in [0.3, 0.4) is 0 Å². The van der Waals surface area contributed by atoms with Crippen molar-refractivity contribution in [2.24, 2.45) is 10.9 Å². The highest BCUT2D eigenvalue weighted by Crippen LogP contribution is 2.25. The van der Waals surface area contributed by atoms with E-state index in [0.717, 1.165) is 12.8 Å². The Hall–Kier alpha value is -1.56. The molecule has 1 aromatic rings. The molecule has 1 aliphatic carbocycles. The number of aliphatic imine (C=N–C) groups is 1. The van der Waals surface area contributed by atoms with E-state index in [9.17, 15) is 14.0 Å². The number of benzene rings is 1. The highest BCUT2D eigenvalue weighted by molar-refractivity contribution is 9.10. The SMILES string of the molecule is CCOC(=O)C(C=NC1CC1)C(=O)c1cc(C)c(Br)cc1F. The van der Waals surface area contributed by atoms with Crippen LogP contribution in [0.15, 0.2) is 21.6 Å². The van der Waals surface area contributed by atoms with E-state index >= 15 is 0 Å². The third-order valence-electron chi connectivity index (χ3n) is 3.33. The standard InChI is InChI=1S/C16H17BrFNO3/c1-3-22-16(21)12(8-19-10-4-5-10)15(20)11-6-9(2)13(17)7-14(11)18/h6-8,10,12H,3-5H2,1-2H3. The molecule has 2 rings (SSSR count). The van der Waals surface area contributed by atoms with Crippen molar-refractivity contribution in [1.29, 1.82) is 0 Å². The van der Waals surface area contributed by atoms with Gasteiger partial charge in [-0.15, -0.1) is 0 Å². The summed E-state index contributed by atoms with van der Waals surface area (Å²) in [6.07, 6.45) is 3.20. The largest absolute Gasteiger partial charge is 0.465 e. The molecule has 6 heteroatoms. The highest BCUT2D eigenvalue weighted by Gasteiger charge is 2.31. The number of halogens is 2. The second-order valence-corrected chi connectivity index (χ2v) is 6.06. The van der Waals surface area contributed by atoms with Crippen LogP contribution in [0.1, 0.15) is 35.7 Å². The quantitative estimate of drug-likeness (QED) is 0.333. The minimum Gasteiger partial charge on any atom is -0.465 e. The van der Waals surface area contributed by atoms with Gasteiger partial charge in [0, 0.05) is 16.7 Å². The van der Waals surface area contributed by atoms with E-state index < -0.39 is 23.5 Å². The molecule has 1 saturated carbocycles. The molecule has 0 radical (unpaired) electrons. The van der Waals surface area contributed by atoms with Gasteiger partial charge in [0.05, 0.1) is 12.2 Å². The number of Topliss-reactive ketones (excluding diaryl/α,β-unsaturated/α-hetero) is 1. The number of aryl methyl sites for hydroxylation is 1. The van der Waals surface area contributed by atoms with Crippen LogP contribution >= 0.6 is 15.9 Å². The van der Waals surface area contributed by atoms with E-state index in [2.05, 4.69) is 20.9 Å². The molecule has 0 aliphatic heterocycles. The van der Waals surface area contributed by atoms with E-state index in [0.29, 0.717) is 10.0 Å². The number of rotatable bonds is 6. The molecule has 0 saturated heterocycles. The molecule has 0 aromatic heterocycles. The molecular weight excluding hydrogens is 353 g/mol. The molecule has 4 nitrogen and oxygen atoms in total. The van der Waals surface area contributed by atoms with Crippen molar-refractivity contribution in [2.75, 3.05) is 6.61 Å². The highest BCUT2D eigenvalue weighted by atomic mass is 79.9. The number of carbonyl (C=O) groups excluding carboxylic acids is 2. The summed E-state index contributed by atoms with van der Waals surface area (Å²) in [6, 6.07) is 2.82. The number of ether oxygens (including phenoxy) is 1. The lowest BCUT2D eigenvalue weighted by molar-refractivity contribution is -0.143. The van der Waals surface area contributed by atoms with Crippen molar-refractivity contribution in [3.05, 3.63) is 33.5 Å². The van der Waals surface area contributed by atoms with Crippen molar-refractivity contribution in [2.45, 2.75) is 32.7 Å². The predicted octanol–water partition coefficient (Wildman–Crippen LogP) is 3.49. The molecule has 118 valence electrons. The second-order valence-electron chi connectivity index (χ2n) is 5.20. The lowest BCUT2D eigenvalue weighted by atomic mass is 9.97. The van der Waals surface area contributed by atoms with Crippen molar-refractivity contribution >= 4 is 33.9 Å². The van der Waals surface area contributed by atoms with Gasteiger partial charge in [-0.3, -0.25) is 14.6 Å². The van der Waals surface area contributed by atoms with Gasteiger partial charge in [-0.2, -0.15) is 0 Å².